The van der Waals surface area contributed by atoms with Gasteiger partial charge in [-0.3, -0.25) is 9.69 Å². The molecule has 0 aliphatic carbocycles. The van der Waals surface area contributed by atoms with Gasteiger partial charge in [-0.25, -0.2) is 9.59 Å². The predicted octanol–water partition coefficient (Wildman–Crippen LogP) is 5.71. The lowest BCUT2D eigenvalue weighted by molar-refractivity contribution is -0.192. The van der Waals surface area contributed by atoms with Crippen LogP contribution in [0.25, 0.3) is 0 Å². The summed E-state index contributed by atoms with van der Waals surface area (Å²) in [6, 6.07) is 5.79. The van der Waals surface area contributed by atoms with E-state index >= 15 is 0 Å². The van der Waals surface area contributed by atoms with Crippen LogP contribution in [0, 0.1) is 0 Å². The number of likely N-dealkylation sites (N-methyl/N-ethyl adjacent to an activating group) is 1. The highest BCUT2D eigenvalue weighted by atomic mass is 35.5. The van der Waals surface area contributed by atoms with Gasteiger partial charge in [0.1, 0.15) is 5.60 Å². The predicted molar refractivity (Wildman–Crippen MR) is 140 cm³/mol. The van der Waals surface area contributed by atoms with Crippen LogP contribution < -0.4 is 0 Å². The molecule has 0 bridgehead atoms. The first kappa shape index (κ1) is 31.3. The molecule has 1 atom stereocenters. The molecule has 13 heteroatoms. The van der Waals surface area contributed by atoms with Gasteiger partial charge in [0, 0.05) is 52.1 Å². The number of carboxylic acid groups (broad SMARTS) is 1. The average molecular weight is 596 g/mol. The van der Waals surface area contributed by atoms with Gasteiger partial charge in [0.25, 0.3) is 5.91 Å². The quantitative estimate of drug-likeness (QED) is 0.469. The van der Waals surface area contributed by atoms with Crippen molar-refractivity contribution in [3.8, 4) is 0 Å². The van der Waals surface area contributed by atoms with Crippen LogP contribution in [-0.4, -0.2) is 94.9 Å². The van der Waals surface area contributed by atoms with Gasteiger partial charge in [-0.15, -0.1) is 0 Å². The summed E-state index contributed by atoms with van der Waals surface area (Å²) in [7, 11) is 1.88. The van der Waals surface area contributed by atoms with Crippen LogP contribution >= 0.6 is 23.2 Å². The minimum atomic E-state index is -5.08. The second-order valence-electron chi connectivity index (χ2n) is 10.2. The third kappa shape index (κ3) is 7.29. The van der Waals surface area contributed by atoms with E-state index < -0.39 is 12.1 Å². The first-order valence-corrected chi connectivity index (χ1v) is 13.8. The molecule has 3 aliphatic rings. The van der Waals surface area contributed by atoms with Crippen molar-refractivity contribution in [1.29, 1.82) is 0 Å². The Balaban J connectivity index is 0.000000532. The summed E-state index contributed by atoms with van der Waals surface area (Å²) < 4.78 is 37.7. The van der Waals surface area contributed by atoms with Crippen molar-refractivity contribution in [2.45, 2.75) is 75.7 Å². The zero-order chi connectivity index (χ0) is 29.0. The zero-order valence-electron chi connectivity index (χ0n) is 22.0. The molecule has 3 fully saturated rings. The lowest BCUT2D eigenvalue weighted by Crippen LogP contribution is -2.55. The number of alkyl halides is 3. The highest BCUT2D eigenvalue weighted by Gasteiger charge is 2.53. The standard InChI is InChI=1S/C24H33Cl2N3O3.C2HF3O2/c1-3-4-8-20-24(32-23(31)27(20)2)11-15-28(16-12-24)17-9-13-29(14-10-17)22(30)21-18(25)6-5-7-19(21)26;3-2(4,5)1(6)7/h5-7,17,20H,3-4,8-16H2,1-2H3;(H,6,7). The van der Waals surface area contributed by atoms with Gasteiger partial charge in [-0.05, 0) is 31.4 Å². The zero-order valence-corrected chi connectivity index (χ0v) is 23.5. The molecule has 4 rings (SSSR count). The van der Waals surface area contributed by atoms with Crippen molar-refractivity contribution in [3.63, 3.8) is 0 Å². The molecule has 218 valence electrons. The number of rotatable bonds is 5. The average Bonchev–Trinajstić information content (AvgIpc) is 3.11. The summed E-state index contributed by atoms with van der Waals surface area (Å²) in [4.78, 5) is 40.4. The Morgan fingerprint density at radius 3 is 2.13 bits per heavy atom. The Bertz CT molecular complexity index is 1020. The number of carbonyl (C=O) groups excluding carboxylic acids is 2. The summed E-state index contributed by atoms with van der Waals surface area (Å²) in [6.07, 6.45) is 1.60. The van der Waals surface area contributed by atoms with Gasteiger partial charge in [-0.2, -0.15) is 13.2 Å². The van der Waals surface area contributed by atoms with Crippen molar-refractivity contribution in [2.24, 2.45) is 0 Å². The smallest absolute Gasteiger partial charge is 0.475 e. The SMILES string of the molecule is CCCCC1N(C)C(=O)OC12CCN(C1CCN(C(=O)c3c(Cl)cccc3Cl)CC1)CC2.O=C(O)C(F)(F)F. The van der Waals surface area contributed by atoms with Crippen LogP contribution in [-0.2, 0) is 9.53 Å². The number of likely N-dealkylation sites (tertiary alicyclic amines) is 2. The number of ether oxygens (including phenoxy) is 1. The van der Waals surface area contributed by atoms with Crippen molar-refractivity contribution in [1.82, 2.24) is 14.7 Å². The Labute approximate surface area is 235 Å². The molecule has 3 heterocycles. The molecule has 39 heavy (non-hydrogen) atoms. The van der Waals surface area contributed by atoms with E-state index in [1.54, 1.807) is 18.2 Å². The van der Waals surface area contributed by atoms with Crippen molar-refractivity contribution in [2.75, 3.05) is 33.2 Å². The summed E-state index contributed by atoms with van der Waals surface area (Å²) in [5.74, 6) is -2.84. The fraction of sp³-hybridized carbons (Fsp3) is 0.654. The van der Waals surface area contributed by atoms with Crippen molar-refractivity contribution < 1.29 is 37.4 Å². The lowest BCUT2D eigenvalue weighted by atomic mass is 9.81. The summed E-state index contributed by atoms with van der Waals surface area (Å²) in [5, 5.41) is 7.93. The molecule has 8 nitrogen and oxygen atoms in total. The highest BCUT2D eigenvalue weighted by molar-refractivity contribution is 6.39. The molecule has 1 unspecified atom stereocenters. The fourth-order valence-corrected chi connectivity index (χ4v) is 6.20. The Kier molecular flexibility index (Phi) is 10.4. The molecule has 1 aromatic carbocycles. The molecule has 3 saturated heterocycles. The monoisotopic (exact) mass is 595 g/mol. The fourth-order valence-electron chi connectivity index (χ4n) is 5.65. The number of amides is 2. The summed E-state index contributed by atoms with van der Waals surface area (Å²) >= 11 is 12.5. The number of halogens is 5. The number of carbonyl (C=O) groups is 3. The van der Waals surface area contributed by atoms with Gasteiger partial charge >= 0.3 is 18.2 Å². The second-order valence-corrected chi connectivity index (χ2v) is 11.0. The summed E-state index contributed by atoms with van der Waals surface area (Å²) in [6.45, 7) is 5.44. The lowest BCUT2D eigenvalue weighted by Gasteiger charge is -2.46. The van der Waals surface area contributed by atoms with Crippen LogP contribution in [0.5, 0.6) is 0 Å². The van der Waals surface area contributed by atoms with Gasteiger partial charge in [0.05, 0.1) is 21.7 Å². The number of carboxylic acids is 1. The van der Waals surface area contributed by atoms with E-state index in [1.807, 2.05) is 16.8 Å². The van der Waals surface area contributed by atoms with Crippen LogP contribution in [0.2, 0.25) is 10.0 Å². The normalized spacial score (nSPS) is 21.9. The number of hydrogen-bond acceptors (Lipinski definition) is 5. The van der Waals surface area contributed by atoms with Gasteiger partial charge in [-0.1, -0.05) is 49.0 Å². The molecule has 3 aliphatic heterocycles. The highest BCUT2D eigenvalue weighted by Crippen LogP contribution is 2.41. The van der Waals surface area contributed by atoms with E-state index in [1.165, 1.54) is 0 Å². The number of piperidine rings is 2. The van der Waals surface area contributed by atoms with Crippen LogP contribution in [0.4, 0.5) is 18.0 Å². The topological polar surface area (TPSA) is 90.4 Å². The number of nitrogens with zero attached hydrogens (tertiary/aromatic N) is 3. The third-order valence-corrected chi connectivity index (χ3v) is 8.45. The molecule has 1 aromatic rings. The summed E-state index contributed by atoms with van der Waals surface area (Å²) in [5.41, 5.74) is 0.0640. The van der Waals surface area contributed by atoms with Gasteiger partial charge < -0.3 is 19.6 Å². The number of hydrogen-bond donors (Lipinski definition) is 1. The number of unbranched alkanes of at least 4 members (excludes halogenated alkanes) is 1. The van der Waals surface area contributed by atoms with E-state index in [9.17, 15) is 22.8 Å². The molecule has 0 aromatic heterocycles. The first-order valence-electron chi connectivity index (χ1n) is 13.0. The van der Waals surface area contributed by atoms with E-state index in [-0.39, 0.29) is 23.6 Å². The Morgan fingerprint density at radius 2 is 1.64 bits per heavy atom. The Hall–Kier alpha value is -2.24. The van der Waals surface area contributed by atoms with Crippen LogP contribution in [0.1, 0.15) is 62.2 Å². The second kappa shape index (κ2) is 13.0. The molecule has 1 spiro atoms. The molecular formula is C26H34Cl2F3N3O5. The van der Waals surface area contributed by atoms with Crippen LogP contribution in [0.3, 0.4) is 0 Å². The van der Waals surface area contributed by atoms with E-state index in [0.29, 0.717) is 34.7 Å². The maximum Gasteiger partial charge on any atom is 0.490 e. The number of benzene rings is 1. The van der Waals surface area contributed by atoms with E-state index in [4.69, 9.17) is 37.8 Å². The van der Waals surface area contributed by atoms with Crippen molar-refractivity contribution in [3.05, 3.63) is 33.8 Å². The molecule has 0 radical (unpaired) electrons. The third-order valence-electron chi connectivity index (χ3n) is 7.82. The first-order chi connectivity index (χ1) is 18.3. The Morgan fingerprint density at radius 1 is 1.10 bits per heavy atom. The van der Waals surface area contributed by atoms with E-state index in [2.05, 4.69) is 11.8 Å². The maximum atomic E-state index is 13.0. The largest absolute Gasteiger partial charge is 0.490 e. The molecule has 1 N–H and O–H groups in total. The van der Waals surface area contributed by atoms with E-state index in [0.717, 1.165) is 58.0 Å². The maximum absolute atomic E-state index is 13.0. The number of aliphatic carboxylic acids is 1. The van der Waals surface area contributed by atoms with Gasteiger partial charge in [0.15, 0.2) is 0 Å². The van der Waals surface area contributed by atoms with Gasteiger partial charge in [0.2, 0.25) is 0 Å². The minimum absolute atomic E-state index is 0.0867. The minimum Gasteiger partial charge on any atom is -0.475 e. The molecule has 0 saturated carbocycles. The molecule has 2 amide bonds. The van der Waals surface area contributed by atoms with Crippen LogP contribution in [0.15, 0.2) is 18.2 Å². The molecular weight excluding hydrogens is 562 g/mol. The van der Waals surface area contributed by atoms with Crippen molar-refractivity contribution >= 4 is 41.2 Å².